The summed E-state index contributed by atoms with van der Waals surface area (Å²) in [5.74, 6) is 0.209. The molecule has 0 aromatic rings. The molecule has 3 nitrogen and oxygen atoms in total. The zero-order valence-corrected chi connectivity index (χ0v) is 14.3. The molecule has 3 heteroatoms. The maximum absolute atomic E-state index is 11.8. The van der Waals surface area contributed by atoms with Crippen LogP contribution in [0.3, 0.4) is 0 Å². The molecular weight excluding hydrogens is 262 g/mol. The zero-order valence-electron chi connectivity index (χ0n) is 14.3. The van der Waals surface area contributed by atoms with Gasteiger partial charge in [-0.1, -0.05) is 34.1 Å². The SMILES string of the molecule is CCC(C)(C)C1CCC(N2CCCC2(CC)C(=O)O)CC1. The van der Waals surface area contributed by atoms with E-state index in [0.717, 1.165) is 31.7 Å². The summed E-state index contributed by atoms with van der Waals surface area (Å²) in [7, 11) is 0. The van der Waals surface area contributed by atoms with E-state index in [4.69, 9.17) is 0 Å². The normalized spacial score (nSPS) is 35.0. The van der Waals surface area contributed by atoms with Crippen molar-refractivity contribution in [2.24, 2.45) is 11.3 Å². The van der Waals surface area contributed by atoms with E-state index in [9.17, 15) is 9.90 Å². The zero-order chi connectivity index (χ0) is 15.7. The minimum Gasteiger partial charge on any atom is -0.480 e. The summed E-state index contributed by atoms with van der Waals surface area (Å²) in [6.45, 7) is 10.1. The van der Waals surface area contributed by atoms with Crippen molar-refractivity contribution in [1.29, 1.82) is 0 Å². The van der Waals surface area contributed by atoms with E-state index >= 15 is 0 Å². The van der Waals surface area contributed by atoms with Crippen molar-refractivity contribution in [3.05, 3.63) is 0 Å². The number of hydrogen-bond acceptors (Lipinski definition) is 2. The highest BCUT2D eigenvalue weighted by atomic mass is 16.4. The van der Waals surface area contributed by atoms with E-state index in [-0.39, 0.29) is 0 Å². The average Bonchev–Trinajstić information content (AvgIpc) is 2.92. The Morgan fingerprint density at radius 3 is 2.33 bits per heavy atom. The van der Waals surface area contributed by atoms with Crippen molar-refractivity contribution >= 4 is 5.97 Å². The Kier molecular flexibility index (Phi) is 5.02. The van der Waals surface area contributed by atoms with Crippen molar-refractivity contribution in [2.75, 3.05) is 6.54 Å². The molecule has 0 bridgehead atoms. The van der Waals surface area contributed by atoms with E-state index in [1.807, 2.05) is 6.92 Å². The van der Waals surface area contributed by atoms with Crippen LogP contribution in [0.5, 0.6) is 0 Å². The predicted molar refractivity (Wildman–Crippen MR) is 86.4 cm³/mol. The van der Waals surface area contributed by atoms with Crippen LogP contribution >= 0.6 is 0 Å². The van der Waals surface area contributed by atoms with E-state index in [0.29, 0.717) is 11.5 Å². The van der Waals surface area contributed by atoms with Crippen LogP contribution in [-0.2, 0) is 4.79 Å². The topological polar surface area (TPSA) is 40.5 Å². The van der Waals surface area contributed by atoms with Gasteiger partial charge in [-0.25, -0.2) is 0 Å². The molecule has 1 N–H and O–H groups in total. The van der Waals surface area contributed by atoms with Crippen LogP contribution in [0.4, 0.5) is 0 Å². The number of carbonyl (C=O) groups is 1. The lowest BCUT2D eigenvalue weighted by atomic mass is 9.68. The minimum absolute atomic E-state index is 0.435. The van der Waals surface area contributed by atoms with Gasteiger partial charge in [0.2, 0.25) is 0 Å². The Morgan fingerprint density at radius 2 is 1.86 bits per heavy atom. The van der Waals surface area contributed by atoms with Gasteiger partial charge in [0.15, 0.2) is 0 Å². The summed E-state index contributed by atoms with van der Waals surface area (Å²) in [5.41, 5.74) is -0.137. The van der Waals surface area contributed by atoms with Crippen molar-refractivity contribution in [3.63, 3.8) is 0 Å². The molecule has 1 saturated heterocycles. The summed E-state index contributed by atoms with van der Waals surface area (Å²) in [6, 6.07) is 0.493. The highest BCUT2D eigenvalue weighted by molar-refractivity contribution is 5.79. The molecule has 0 amide bonds. The Morgan fingerprint density at radius 1 is 1.24 bits per heavy atom. The first-order valence-electron chi connectivity index (χ1n) is 8.87. The molecule has 0 aromatic carbocycles. The number of hydrogen-bond donors (Lipinski definition) is 1. The third-order valence-electron chi connectivity index (χ3n) is 6.68. The summed E-state index contributed by atoms with van der Waals surface area (Å²) >= 11 is 0. The molecule has 1 unspecified atom stereocenters. The molecule has 0 radical (unpaired) electrons. The third kappa shape index (κ3) is 2.99. The second-order valence-electron chi connectivity index (χ2n) is 7.83. The monoisotopic (exact) mass is 295 g/mol. The number of carboxylic acids is 1. The van der Waals surface area contributed by atoms with Crippen LogP contribution in [0.25, 0.3) is 0 Å². The van der Waals surface area contributed by atoms with E-state index in [1.165, 1.54) is 32.1 Å². The number of likely N-dealkylation sites (tertiary alicyclic amines) is 1. The van der Waals surface area contributed by atoms with Crippen LogP contribution in [0.2, 0.25) is 0 Å². The molecule has 0 spiro atoms. The van der Waals surface area contributed by atoms with Crippen molar-refractivity contribution in [2.45, 2.75) is 90.6 Å². The van der Waals surface area contributed by atoms with Crippen molar-refractivity contribution in [3.8, 4) is 0 Å². The quantitative estimate of drug-likeness (QED) is 0.821. The molecule has 1 heterocycles. The van der Waals surface area contributed by atoms with Gasteiger partial charge < -0.3 is 5.11 Å². The van der Waals surface area contributed by atoms with E-state index in [1.54, 1.807) is 0 Å². The lowest BCUT2D eigenvalue weighted by molar-refractivity contribution is -0.152. The van der Waals surface area contributed by atoms with E-state index in [2.05, 4.69) is 25.7 Å². The van der Waals surface area contributed by atoms with Gasteiger partial charge in [-0.05, 0) is 62.8 Å². The van der Waals surface area contributed by atoms with Gasteiger partial charge in [0.05, 0.1) is 0 Å². The summed E-state index contributed by atoms with van der Waals surface area (Å²) < 4.78 is 0. The van der Waals surface area contributed by atoms with Gasteiger partial charge in [0.25, 0.3) is 0 Å². The first-order chi connectivity index (χ1) is 9.87. The second kappa shape index (κ2) is 6.28. The van der Waals surface area contributed by atoms with E-state index < -0.39 is 11.5 Å². The molecular formula is C18H33NO2. The van der Waals surface area contributed by atoms with Gasteiger partial charge in [0.1, 0.15) is 5.54 Å². The van der Waals surface area contributed by atoms with Crippen LogP contribution in [-0.4, -0.2) is 34.1 Å². The minimum atomic E-state index is -0.599. The fraction of sp³-hybridized carbons (Fsp3) is 0.944. The predicted octanol–water partition coefficient (Wildman–Crippen LogP) is 4.31. The Balaban J connectivity index is 2.03. The molecule has 1 atom stereocenters. The Hall–Kier alpha value is -0.570. The van der Waals surface area contributed by atoms with Gasteiger partial charge in [0, 0.05) is 6.04 Å². The van der Waals surface area contributed by atoms with Gasteiger partial charge >= 0.3 is 5.97 Å². The molecule has 1 aliphatic heterocycles. The summed E-state index contributed by atoms with van der Waals surface area (Å²) in [5, 5.41) is 9.74. The van der Waals surface area contributed by atoms with Crippen LogP contribution in [0.15, 0.2) is 0 Å². The molecule has 2 fully saturated rings. The molecule has 1 saturated carbocycles. The smallest absolute Gasteiger partial charge is 0.324 e. The Bertz CT molecular complexity index is 371. The number of carboxylic acid groups (broad SMARTS) is 1. The largest absolute Gasteiger partial charge is 0.480 e. The number of rotatable bonds is 5. The van der Waals surface area contributed by atoms with Crippen LogP contribution in [0.1, 0.15) is 79.1 Å². The van der Waals surface area contributed by atoms with Gasteiger partial charge in [-0.3, -0.25) is 9.69 Å². The Labute approximate surface area is 130 Å². The molecule has 21 heavy (non-hydrogen) atoms. The summed E-state index contributed by atoms with van der Waals surface area (Å²) in [6.07, 6.45) is 8.75. The molecule has 2 rings (SSSR count). The molecule has 1 aliphatic carbocycles. The van der Waals surface area contributed by atoms with Crippen molar-refractivity contribution in [1.82, 2.24) is 4.90 Å². The first kappa shape index (κ1) is 16.8. The van der Waals surface area contributed by atoms with Crippen molar-refractivity contribution < 1.29 is 9.90 Å². The summed E-state index contributed by atoms with van der Waals surface area (Å²) in [4.78, 5) is 14.2. The fourth-order valence-corrected chi connectivity index (χ4v) is 4.65. The lowest BCUT2D eigenvalue weighted by Gasteiger charge is -2.45. The standard InChI is InChI=1S/C18H33NO2/c1-5-17(3,4)14-8-10-15(11-9-14)19-13-7-12-18(19,6-2)16(20)21/h14-15H,5-13H2,1-4H3,(H,20,21). The fourth-order valence-electron chi connectivity index (χ4n) is 4.65. The first-order valence-corrected chi connectivity index (χ1v) is 8.87. The number of nitrogens with zero attached hydrogens (tertiary/aromatic N) is 1. The second-order valence-corrected chi connectivity index (χ2v) is 7.83. The molecule has 0 aromatic heterocycles. The third-order valence-corrected chi connectivity index (χ3v) is 6.68. The average molecular weight is 295 g/mol. The maximum atomic E-state index is 11.8. The number of aliphatic carboxylic acids is 1. The van der Waals surface area contributed by atoms with Crippen LogP contribution in [0, 0.1) is 11.3 Å². The van der Waals surface area contributed by atoms with Gasteiger partial charge in [-0.15, -0.1) is 0 Å². The highest BCUT2D eigenvalue weighted by Gasteiger charge is 2.49. The molecule has 2 aliphatic rings. The molecule has 122 valence electrons. The maximum Gasteiger partial charge on any atom is 0.324 e. The van der Waals surface area contributed by atoms with Crippen LogP contribution < -0.4 is 0 Å². The highest BCUT2D eigenvalue weighted by Crippen LogP contribution is 2.44. The lowest BCUT2D eigenvalue weighted by Crippen LogP contribution is -2.55. The van der Waals surface area contributed by atoms with Gasteiger partial charge in [-0.2, -0.15) is 0 Å².